The highest BCUT2D eigenvalue weighted by atomic mass is 19.1. The molecule has 0 saturated carbocycles. The van der Waals surface area contributed by atoms with Crippen molar-refractivity contribution in [2.45, 2.75) is 33.8 Å². The Hall–Kier alpha value is -2.96. The van der Waals surface area contributed by atoms with Crippen molar-refractivity contribution in [1.29, 1.82) is 0 Å². The minimum Gasteiger partial charge on any atom is -0.489 e. The average molecular weight is 376 g/mol. The Kier molecular flexibility index (Phi) is 6.15. The van der Waals surface area contributed by atoms with Crippen LogP contribution in [0, 0.1) is 17.0 Å². The topological polar surface area (TPSA) is 67.4 Å². The van der Waals surface area contributed by atoms with Gasteiger partial charge in [0.25, 0.3) is 0 Å². The van der Waals surface area contributed by atoms with Crippen molar-refractivity contribution in [3.63, 3.8) is 0 Å². The SMILES string of the molecule is CC(C)Oc1ccccc1NC(=O)C(C)(C)C(=O)Nc1c(F)cccc1F. The Balaban J connectivity index is 2.19. The number of halogens is 2. The summed E-state index contributed by atoms with van der Waals surface area (Å²) in [4.78, 5) is 25.2. The summed E-state index contributed by atoms with van der Waals surface area (Å²) in [7, 11) is 0. The third kappa shape index (κ3) is 4.81. The number of para-hydroxylation sites is 3. The van der Waals surface area contributed by atoms with Crippen LogP contribution in [0.5, 0.6) is 5.75 Å². The Labute approximate surface area is 156 Å². The fraction of sp³-hybridized carbons (Fsp3) is 0.300. The zero-order valence-corrected chi connectivity index (χ0v) is 15.6. The van der Waals surface area contributed by atoms with Gasteiger partial charge in [0.05, 0.1) is 11.8 Å². The first kappa shape index (κ1) is 20.4. The number of carbonyl (C=O) groups is 2. The van der Waals surface area contributed by atoms with Gasteiger partial charge in [-0.15, -0.1) is 0 Å². The molecule has 0 spiro atoms. The van der Waals surface area contributed by atoms with Crippen molar-refractivity contribution in [3.8, 4) is 5.75 Å². The standard InChI is InChI=1S/C20H22F2N2O3/c1-12(2)27-16-11-6-5-10-15(16)23-18(25)20(3,4)19(26)24-17-13(21)8-7-9-14(17)22/h5-12H,1-4H3,(H,23,25)(H,24,26). The highest BCUT2D eigenvalue weighted by Crippen LogP contribution is 2.29. The van der Waals surface area contributed by atoms with E-state index in [0.29, 0.717) is 11.4 Å². The third-order valence-corrected chi connectivity index (χ3v) is 3.83. The number of ether oxygens (including phenoxy) is 1. The largest absolute Gasteiger partial charge is 0.489 e. The number of amides is 2. The normalized spacial score (nSPS) is 11.2. The molecule has 2 aromatic carbocycles. The Morgan fingerprint density at radius 1 is 0.926 bits per heavy atom. The molecule has 0 aliphatic rings. The molecule has 0 fully saturated rings. The van der Waals surface area contributed by atoms with Gasteiger partial charge in [-0.2, -0.15) is 0 Å². The average Bonchev–Trinajstić information content (AvgIpc) is 2.59. The van der Waals surface area contributed by atoms with Crippen LogP contribution >= 0.6 is 0 Å². The van der Waals surface area contributed by atoms with Crippen molar-refractivity contribution >= 4 is 23.2 Å². The van der Waals surface area contributed by atoms with E-state index in [1.807, 2.05) is 13.8 Å². The zero-order valence-electron chi connectivity index (χ0n) is 15.6. The lowest BCUT2D eigenvalue weighted by atomic mass is 9.90. The summed E-state index contributed by atoms with van der Waals surface area (Å²) in [5, 5.41) is 4.79. The van der Waals surface area contributed by atoms with E-state index in [2.05, 4.69) is 10.6 Å². The maximum absolute atomic E-state index is 13.7. The van der Waals surface area contributed by atoms with Crippen LogP contribution in [-0.2, 0) is 9.59 Å². The molecule has 0 unspecified atom stereocenters. The molecule has 2 N–H and O–H groups in total. The fourth-order valence-electron chi connectivity index (χ4n) is 2.20. The van der Waals surface area contributed by atoms with E-state index in [-0.39, 0.29) is 6.10 Å². The fourth-order valence-corrected chi connectivity index (χ4v) is 2.20. The Morgan fingerprint density at radius 2 is 1.48 bits per heavy atom. The quantitative estimate of drug-likeness (QED) is 0.737. The number of rotatable bonds is 6. The van der Waals surface area contributed by atoms with Crippen molar-refractivity contribution in [2.24, 2.45) is 5.41 Å². The van der Waals surface area contributed by atoms with Gasteiger partial charge in [-0.25, -0.2) is 8.78 Å². The first-order chi connectivity index (χ1) is 12.6. The van der Waals surface area contributed by atoms with Crippen LogP contribution in [-0.4, -0.2) is 17.9 Å². The minimum atomic E-state index is -1.60. The molecule has 2 amide bonds. The summed E-state index contributed by atoms with van der Waals surface area (Å²) in [5.74, 6) is -2.87. The molecule has 0 saturated heterocycles. The number of hydrogen-bond donors (Lipinski definition) is 2. The lowest BCUT2D eigenvalue weighted by molar-refractivity contribution is -0.135. The number of nitrogens with one attached hydrogen (secondary N) is 2. The second kappa shape index (κ2) is 8.16. The van der Waals surface area contributed by atoms with Gasteiger partial charge in [0, 0.05) is 0 Å². The summed E-state index contributed by atoms with van der Waals surface area (Å²) in [6, 6.07) is 10.0. The molecule has 0 heterocycles. The molecule has 0 aliphatic carbocycles. The number of hydrogen-bond acceptors (Lipinski definition) is 3. The smallest absolute Gasteiger partial charge is 0.239 e. The molecule has 144 valence electrons. The maximum atomic E-state index is 13.7. The predicted octanol–water partition coefficient (Wildman–Crippen LogP) is 4.36. The van der Waals surface area contributed by atoms with Crippen LogP contribution in [0.4, 0.5) is 20.2 Å². The van der Waals surface area contributed by atoms with Gasteiger partial charge in [-0.05, 0) is 52.0 Å². The van der Waals surface area contributed by atoms with Gasteiger partial charge in [0.15, 0.2) is 0 Å². The summed E-state index contributed by atoms with van der Waals surface area (Å²) >= 11 is 0. The predicted molar refractivity (Wildman–Crippen MR) is 99.6 cm³/mol. The van der Waals surface area contributed by atoms with Crippen molar-refractivity contribution in [2.75, 3.05) is 10.6 Å². The van der Waals surface area contributed by atoms with Crippen molar-refractivity contribution < 1.29 is 23.1 Å². The Bertz CT molecular complexity index is 831. The molecule has 5 nitrogen and oxygen atoms in total. The first-order valence-electron chi connectivity index (χ1n) is 8.45. The number of carbonyl (C=O) groups excluding carboxylic acids is 2. The van der Waals surface area contributed by atoms with Crippen LogP contribution in [0.2, 0.25) is 0 Å². The maximum Gasteiger partial charge on any atom is 0.239 e. The number of anilines is 2. The van der Waals surface area contributed by atoms with E-state index in [1.165, 1.54) is 19.9 Å². The molecule has 0 aromatic heterocycles. The summed E-state index contributed by atoms with van der Waals surface area (Å²) in [5.41, 5.74) is -1.79. The monoisotopic (exact) mass is 376 g/mol. The molecular weight excluding hydrogens is 354 g/mol. The van der Waals surface area contributed by atoms with Crippen LogP contribution in [0.25, 0.3) is 0 Å². The second-order valence-electron chi connectivity index (χ2n) is 6.79. The lowest BCUT2D eigenvalue weighted by Gasteiger charge is -2.24. The van der Waals surface area contributed by atoms with Crippen LogP contribution in [0.15, 0.2) is 42.5 Å². The molecule has 2 rings (SSSR count). The van der Waals surface area contributed by atoms with E-state index >= 15 is 0 Å². The summed E-state index contributed by atoms with van der Waals surface area (Å²) in [6.45, 7) is 6.42. The molecule has 27 heavy (non-hydrogen) atoms. The summed E-state index contributed by atoms with van der Waals surface area (Å²) < 4.78 is 33.1. The minimum absolute atomic E-state index is 0.108. The van der Waals surface area contributed by atoms with Crippen LogP contribution < -0.4 is 15.4 Å². The van der Waals surface area contributed by atoms with E-state index in [4.69, 9.17) is 4.74 Å². The molecule has 7 heteroatoms. The van der Waals surface area contributed by atoms with Gasteiger partial charge in [0.1, 0.15) is 28.5 Å². The first-order valence-corrected chi connectivity index (χ1v) is 8.45. The van der Waals surface area contributed by atoms with Crippen molar-refractivity contribution in [1.82, 2.24) is 0 Å². The van der Waals surface area contributed by atoms with Gasteiger partial charge >= 0.3 is 0 Å². The zero-order chi connectivity index (χ0) is 20.2. The van der Waals surface area contributed by atoms with Gasteiger partial charge in [-0.1, -0.05) is 18.2 Å². The highest BCUT2D eigenvalue weighted by molar-refractivity contribution is 6.14. The number of benzene rings is 2. The lowest BCUT2D eigenvalue weighted by Crippen LogP contribution is -2.42. The second-order valence-corrected chi connectivity index (χ2v) is 6.79. The molecule has 0 bridgehead atoms. The Morgan fingerprint density at radius 3 is 2.07 bits per heavy atom. The summed E-state index contributed by atoms with van der Waals surface area (Å²) in [6.07, 6.45) is -0.108. The van der Waals surface area contributed by atoms with E-state index in [1.54, 1.807) is 24.3 Å². The van der Waals surface area contributed by atoms with Gasteiger partial charge in [-0.3, -0.25) is 9.59 Å². The van der Waals surface area contributed by atoms with E-state index < -0.39 is 34.6 Å². The van der Waals surface area contributed by atoms with Gasteiger partial charge in [0.2, 0.25) is 11.8 Å². The van der Waals surface area contributed by atoms with Crippen LogP contribution in [0.1, 0.15) is 27.7 Å². The molecule has 0 aliphatic heterocycles. The molecule has 0 radical (unpaired) electrons. The molecule has 0 atom stereocenters. The van der Waals surface area contributed by atoms with Crippen molar-refractivity contribution in [3.05, 3.63) is 54.1 Å². The molecule has 2 aromatic rings. The van der Waals surface area contributed by atoms with E-state index in [9.17, 15) is 18.4 Å². The highest BCUT2D eigenvalue weighted by Gasteiger charge is 2.37. The van der Waals surface area contributed by atoms with Gasteiger partial charge < -0.3 is 15.4 Å². The van der Waals surface area contributed by atoms with E-state index in [0.717, 1.165) is 12.1 Å². The molecular formula is C20H22F2N2O3. The van der Waals surface area contributed by atoms with Crippen LogP contribution in [0.3, 0.4) is 0 Å². The third-order valence-electron chi connectivity index (χ3n) is 3.83.